The van der Waals surface area contributed by atoms with Gasteiger partial charge in [-0.1, -0.05) is 0 Å². The van der Waals surface area contributed by atoms with Gasteiger partial charge in [0.05, 0.1) is 0 Å². The van der Waals surface area contributed by atoms with Crippen molar-refractivity contribution in [1.29, 1.82) is 0 Å². The molecule has 0 aromatic carbocycles. The number of rotatable bonds is 4. The summed E-state index contributed by atoms with van der Waals surface area (Å²) in [5.41, 5.74) is 0. The third kappa shape index (κ3) is 1.74. The van der Waals surface area contributed by atoms with Gasteiger partial charge in [-0.05, 0) is 21.1 Å². The van der Waals surface area contributed by atoms with Crippen LogP contribution >= 0.6 is 0 Å². The summed E-state index contributed by atoms with van der Waals surface area (Å²) in [6.45, 7) is 0. The number of likely N-dealkylation sites (N-methyl/N-ethyl adjacent to an activating group) is 3. The Morgan fingerprint density at radius 2 is 1.44 bits per heavy atom. The molecule has 0 radical (unpaired) electrons. The van der Waals surface area contributed by atoms with Crippen molar-refractivity contribution in [2.24, 2.45) is 0 Å². The highest BCUT2D eigenvalue weighted by Gasteiger charge is 2.20. The van der Waals surface area contributed by atoms with E-state index in [0.29, 0.717) is 0 Å². The van der Waals surface area contributed by atoms with E-state index in [0.717, 1.165) is 6.29 Å². The second-order valence-electron chi connectivity index (χ2n) is 1.68. The Morgan fingerprint density at radius 3 is 1.44 bits per heavy atom. The molecule has 0 aliphatic carbocycles. The SMILES string of the molecule is CNC(C=O)(NC)NC. The Labute approximate surface area is 55.0 Å². The van der Waals surface area contributed by atoms with Gasteiger partial charge in [-0.15, -0.1) is 0 Å². The van der Waals surface area contributed by atoms with E-state index in [2.05, 4.69) is 16.0 Å². The van der Waals surface area contributed by atoms with Gasteiger partial charge in [0.1, 0.15) is 0 Å². The van der Waals surface area contributed by atoms with Crippen molar-refractivity contribution in [3.8, 4) is 0 Å². The normalized spacial score (nSPS) is 11.4. The molecule has 0 saturated heterocycles. The highest BCUT2D eigenvalue weighted by atomic mass is 16.1. The fourth-order valence-corrected chi connectivity index (χ4v) is 0.552. The van der Waals surface area contributed by atoms with E-state index in [9.17, 15) is 4.79 Å². The van der Waals surface area contributed by atoms with E-state index < -0.39 is 5.79 Å². The first-order valence-electron chi connectivity index (χ1n) is 2.77. The topological polar surface area (TPSA) is 53.2 Å². The summed E-state index contributed by atoms with van der Waals surface area (Å²) < 4.78 is 0. The van der Waals surface area contributed by atoms with E-state index in [-0.39, 0.29) is 0 Å². The third-order valence-corrected chi connectivity index (χ3v) is 1.36. The van der Waals surface area contributed by atoms with Gasteiger partial charge < -0.3 is 0 Å². The van der Waals surface area contributed by atoms with Crippen LogP contribution in [0.15, 0.2) is 0 Å². The van der Waals surface area contributed by atoms with Crippen molar-refractivity contribution < 1.29 is 4.79 Å². The summed E-state index contributed by atoms with van der Waals surface area (Å²) in [7, 11) is 5.09. The van der Waals surface area contributed by atoms with Crippen LogP contribution < -0.4 is 16.0 Å². The average Bonchev–Trinajstić information content (AvgIpc) is 1.95. The predicted molar refractivity (Wildman–Crippen MR) is 36.0 cm³/mol. The van der Waals surface area contributed by atoms with Gasteiger partial charge in [0.2, 0.25) is 0 Å². The number of aldehydes is 1. The molecular formula is C5H13N3O. The van der Waals surface area contributed by atoms with Crippen LogP contribution in [0, 0.1) is 0 Å². The van der Waals surface area contributed by atoms with Crippen LogP contribution in [-0.2, 0) is 4.79 Å². The lowest BCUT2D eigenvalue weighted by Gasteiger charge is -2.25. The summed E-state index contributed by atoms with van der Waals surface area (Å²) >= 11 is 0. The van der Waals surface area contributed by atoms with Gasteiger partial charge in [-0.25, -0.2) is 0 Å². The monoisotopic (exact) mass is 131 g/mol. The first-order valence-corrected chi connectivity index (χ1v) is 2.77. The summed E-state index contributed by atoms with van der Waals surface area (Å²) in [5.74, 6) is -0.764. The molecule has 0 rings (SSSR count). The zero-order valence-corrected chi connectivity index (χ0v) is 5.99. The van der Waals surface area contributed by atoms with Gasteiger partial charge in [-0.3, -0.25) is 20.7 Å². The van der Waals surface area contributed by atoms with Crippen LogP contribution in [0.1, 0.15) is 0 Å². The maximum absolute atomic E-state index is 10.3. The summed E-state index contributed by atoms with van der Waals surface area (Å²) in [6.07, 6.45) is 0.771. The molecule has 0 spiro atoms. The molecule has 0 aromatic rings. The maximum Gasteiger partial charge on any atom is 0.180 e. The largest absolute Gasteiger partial charge is 0.298 e. The number of nitrogens with one attached hydrogen (secondary N) is 3. The Balaban J connectivity index is 3.98. The van der Waals surface area contributed by atoms with Crippen LogP contribution in [0.25, 0.3) is 0 Å². The highest BCUT2D eigenvalue weighted by Crippen LogP contribution is 1.82. The minimum atomic E-state index is -0.764. The number of carbonyl (C=O) groups is 1. The van der Waals surface area contributed by atoms with Gasteiger partial charge in [0, 0.05) is 0 Å². The van der Waals surface area contributed by atoms with Crippen molar-refractivity contribution in [2.45, 2.75) is 5.79 Å². The molecule has 0 aliphatic rings. The predicted octanol–water partition coefficient (Wildman–Crippen LogP) is -1.50. The lowest BCUT2D eigenvalue weighted by atomic mass is 10.4. The van der Waals surface area contributed by atoms with Crippen molar-refractivity contribution in [3.05, 3.63) is 0 Å². The van der Waals surface area contributed by atoms with Gasteiger partial charge in [0.25, 0.3) is 0 Å². The lowest BCUT2D eigenvalue weighted by molar-refractivity contribution is -0.115. The van der Waals surface area contributed by atoms with E-state index in [1.807, 2.05) is 0 Å². The third-order valence-electron chi connectivity index (χ3n) is 1.36. The molecule has 0 heterocycles. The molecule has 0 unspecified atom stereocenters. The zero-order valence-electron chi connectivity index (χ0n) is 5.99. The first kappa shape index (κ1) is 8.55. The van der Waals surface area contributed by atoms with Crippen LogP contribution in [0.2, 0.25) is 0 Å². The van der Waals surface area contributed by atoms with Crippen molar-refractivity contribution >= 4 is 6.29 Å². The van der Waals surface area contributed by atoms with Gasteiger partial charge >= 0.3 is 0 Å². The molecule has 4 heteroatoms. The number of carbonyl (C=O) groups excluding carboxylic acids is 1. The van der Waals surface area contributed by atoms with E-state index in [1.54, 1.807) is 21.1 Å². The second kappa shape index (κ2) is 3.55. The Morgan fingerprint density at radius 1 is 1.11 bits per heavy atom. The lowest BCUT2D eigenvalue weighted by Crippen LogP contribution is -2.64. The van der Waals surface area contributed by atoms with E-state index in [4.69, 9.17) is 0 Å². The number of hydrogen-bond donors (Lipinski definition) is 3. The smallest absolute Gasteiger partial charge is 0.180 e. The van der Waals surface area contributed by atoms with E-state index in [1.165, 1.54) is 0 Å². The molecule has 9 heavy (non-hydrogen) atoms. The maximum atomic E-state index is 10.3. The molecule has 0 amide bonds. The first-order chi connectivity index (χ1) is 4.24. The fourth-order valence-electron chi connectivity index (χ4n) is 0.552. The molecule has 4 nitrogen and oxygen atoms in total. The van der Waals surface area contributed by atoms with Crippen LogP contribution in [0.4, 0.5) is 0 Å². The molecule has 0 aliphatic heterocycles. The van der Waals surface area contributed by atoms with Crippen molar-refractivity contribution in [2.75, 3.05) is 21.1 Å². The standard InChI is InChI=1S/C5H13N3O/c1-6-5(4-9,7-2)8-3/h4,6-8H,1-3H3. The minimum Gasteiger partial charge on any atom is -0.298 e. The summed E-state index contributed by atoms with van der Waals surface area (Å²) in [5, 5.41) is 8.32. The van der Waals surface area contributed by atoms with E-state index >= 15 is 0 Å². The highest BCUT2D eigenvalue weighted by molar-refractivity contribution is 5.62. The molecule has 3 N–H and O–H groups in total. The zero-order chi connectivity index (χ0) is 7.33. The van der Waals surface area contributed by atoms with Gasteiger partial charge in [-0.2, -0.15) is 0 Å². The Bertz CT molecular complexity index is 81.9. The quantitative estimate of drug-likeness (QED) is 0.321. The minimum absolute atomic E-state index is 0.764. The fraction of sp³-hybridized carbons (Fsp3) is 0.800. The summed E-state index contributed by atoms with van der Waals surface area (Å²) in [6, 6.07) is 0. The van der Waals surface area contributed by atoms with Crippen LogP contribution in [0.3, 0.4) is 0 Å². The van der Waals surface area contributed by atoms with Crippen LogP contribution in [-0.4, -0.2) is 33.2 Å². The van der Waals surface area contributed by atoms with Crippen molar-refractivity contribution in [1.82, 2.24) is 16.0 Å². The van der Waals surface area contributed by atoms with Crippen molar-refractivity contribution in [3.63, 3.8) is 0 Å². The number of hydrogen-bond acceptors (Lipinski definition) is 4. The van der Waals surface area contributed by atoms with Crippen LogP contribution in [0.5, 0.6) is 0 Å². The Kier molecular flexibility index (Phi) is 3.37. The molecular weight excluding hydrogens is 118 g/mol. The Hall–Kier alpha value is -0.450. The van der Waals surface area contributed by atoms with Gasteiger partial charge in [0.15, 0.2) is 12.1 Å². The molecule has 54 valence electrons. The molecule has 0 aromatic heterocycles. The molecule has 0 bridgehead atoms. The average molecular weight is 131 g/mol. The summed E-state index contributed by atoms with van der Waals surface area (Å²) in [4.78, 5) is 10.3. The molecule has 0 fully saturated rings. The molecule has 0 atom stereocenters. The molecule has 0 saturated carbocycles. The second-order valence-corrected chi connectivity index (χ2v) is 1.68.